The molecular weight excluding hydrogens is 236 g/mol. The molecule has 1 aromatic rings. The van der Waals surface area contributed by atoms with Crippen LogP contribution in [-0.2, 0) is 4.79 Å². The molecule has 0 aliphatic carbocycles. The van der Waals surface area contributed by atoms with Crippen molar-refractivity contribution in [2.24, 2.45) is 0 Å². The van der Waals surface area contributed by atoms with Crippen LogP contribution < -0.4 is 5.32 Å². The molecule has 0 aromatic carbocycles. The van der Waals surface area contributed by atoms with E-state index in [1.165, 1.54) is 0 Å². The van der Waals surface area contributed by atoms with E-state index in [1.807, 2.05) is 18.7 Å². The second kappa shape index (κ2) is 5.45. The van der Waals surface area contributed by atoms with E-state index in [1.54, 1.807) is 0 Å². The van der Waals surface area contributed by atoms with E-state index < -0.39 is 0 Å². The van der Waals surface area contributed by atoms with Crippen LogP contribution in [0.25, 0.3) is 0 Å². The first kappa shape index (κ1) is 13.0. The van der Waals surface area contributed by atoms with E-state index in [0.29, 0.717) is 18.9 Å². The number of rotatable bonds is 4. The number of aromatic nitrogens is 2. The molecule has 7 heteroatoms. The van der Waals surface area contributed by atoms with Crippen LogP contribution in [0.4, 0.5) is 6.01 Å². The Morgan fingerprint density at radius 3 is 2.94 bits per heavy atom. The molecule has 1 aliphatic heterocycles. The van der Waals surface area contributed by atoms with Gasteiger partial charge in [0, 0.05) is 19.0 Å². The highest BCUT2D eigenvalue weighted by Gasteiger charge is 2.22. The summed E-state index contributed by atoms with van der Waals surface area (Å²) in [5.74, 6) is 0.432. The van der Waals surface area contributed by atoms with Gasteiger partial charge in [-0.2, -0.15) is 0 Å². The number of carbonyl (C=O) groups excluding carboxylic acids is 1. The van der Waals surface area contributed by atoms with Crippen LogP contribution in [0.3, 0.4) is 0 Å². The van der Waals surface area contributed by atoms with Gasteiger partial charge in [0.2, 0.25) is 11.8 Å². The van der Waals surface area contributed by atoms with Crippen LogP contribution in [0.5, 0.6) is 0 Å². The molecule has 2 N–H and O–H groups in total. The molecular formula is C11H18N4O3. The number of hydrogen-bond acceptors (Lipinski definition) is 6. The minimum atomic E-state index is -0.325. The number of aliphatic hydroxyl groups is 1. The summed E-state index contributed by atoms with van der Waals surface area (Å²) in [7, 11) is 0. The average molecular weight is 254 g/mol. The van der Waals surface area contributed by atoms with E-state index >= 15 is 0 Å². The molecule has 1 fully saturated rings. The summed E-state index contributed by atoms with van der Waals surface area (Å²) >= 11 is 0. The van der Waals surface area contributed by atoms with Crippen LogP contribution in [-0.4, -0.2) is 51.8 Å². The lowest BCUT2D eigenvalue weighted by molar-refractivity contribution is -0.117. The Morgan fingerprint density at radius 2 is 2.39 bits per heavy atom. The zero-order valence-corrected chi connectivity index (χ0v) is 10.6. The molecule has 1 amide bonds. The number of amides is 1. The van der Waals surface area contributed by atoms with Crippen molar-refractivity contribution in [3.8, 4) is 0 Å². The van der Waals surface area contributed by atoms with Crippen molar-refractivity contribution >= 4 is 11.9 Å². The third-order valence-electron chi connectivity index (χ3n) is 2.80. The molecule has 1 aliphatic rings. The maximum atomic E-state index is 11.7. The van der Waals surface area contributed by atoms with Crippen LogP contribution in [0.1, 0.15) is 32.1 Å². The van der Waals surface area contributed by atoms with Crippen molar-refractivity contribution in [1.82, 2.24) is 15.1 Å². The molecule has 1 unspecified atom stereocenters. The summed E-state index contributed by atoms with van der Waals surface area (Å²) in [4.78, 5) is 13.6. The minimum absolute atomic E-state index is 0.128. The van der Waals surface area contributed by atoms with Gasteiger partial charge in [0.15, 0.2) is 0 Å². The molecule has 1 saturated heterocycles. The predicted octanol–water partition coefficient (Wildman–Crippen LogP) is 0.198. The second-order valence-electron chi connectivity index (χ2n) is 4.83. The quantitative estimate of drug-likeness (QED) is 0.797. The van der Waals surface area contributed by atoms with Crippen LogP contribution in [0.15, 0.2) is 4.42 Å². The molecule has 2 heterocycles. The Kier molecular flexibility index (Phi) is 3.93. The lowest BCUT2D eigenvalue weighted by atomic mass is 10.2. The lowest BCUT2D eigenvalue weighted by Crippen LogP contribution is -2.32. The van der Waals surface area contributed by atoms with E-state index in [-0.39, 0.29) is 30.5 Å². The maximum Gasteiger partial charge on any atom is 0.322 e. The van der Waals surface area contributed by atoms with Gasteiger partial charge in [-0.3, -0.25) is 15.0 Å². The standard InChI is InChI=1S/C11H18N4O3/c1-7(2)10-13-14-11(18-10)12-9(17)6-15-4-3-8(16)5-15/h7-8,16H,3-6H2,1-2H3,(H,12,14,17). The highest BCUT2D eigenvalue weighted by atomic mass is 16.4. The number of aliphatic hydroxyl groups excluding tert-OH is 1. The van der Waals surface area contributed by atoms with Crippen molar-refractivity contribution in [3.05, 3.63) is 5.89 Å². The van der Waals surface area contributed by atoms with Gasteiger partial charge in [0.1, 0.15) is 0 Å². The average Bonchev–Trinajstić information content (AvgIpc) is 2.88. The number of nitrogens with one attached hydrogen (secondary N) is 1. The largest absolute Gasteiger partial charge is 0.408 e. The Balaban J connectivity index is 1.83. The first-order valence-electron chi connectivity index (χ1n) is 6.08. The number of β-amino-alcohol motifs (C(OH)–C–C–N with tert-alkyl or cyclic N) is 1. The second-order valence-corrected chi connectivity index (χ2v) is 4.83. The molecule has 0 spiro atoms. The van der Waals surface area contributed by atoms with Gasteiger partial charge in [-0.25, -0.2) is 0 Å². The SMILES string of the molecule is CC(C)c1nnc(NC(=O)CN2CCC(O)C2)o1. The van der Waals surface area contributed by atoms with Crippen molar-refractivity contribution in [2.75, 3.05) is 25.0 Å². The summed E-state index contributed by atoms with van der Waals surface area (Å²) in [6.45, 7) is 5.37. The van der Waals surface area contributed by atoms with Crippen molar-refractivity contribution in [3.63, 3.8) is 0 Å². The first-order chi connectivity index (χ1) is 8.54. The summed E-state index contributed by atoms with van der Waals surface area (Å²) in [5, 5.41) is 19.5. The topological polar surface area (TPSA) is 91.5 Å². The van der Waals surface area contributed by atoms with Gasteiger partial charge in [0.25, 0.3) is 0 Å². The molecule has 1 aromatic heterocycles. The summed E-state index contributed by atoms with van der Waals surface area (Å²) in [6, 6.07) is 0.128. The van der Waals surface area contributed by atoms with E-state index in [4.69, 9.17) is 4.42 Å². The molecule has 0 bridgehead atoms. The predicted molar refractivity (Wildman–Crippen MR) is 64.1 cm³/mol. The van der Waals surface area contributed by atoms with Crippen molar-refractivity contribution in [1.29, 1.82) is 0 Å². The monoisotopic (exact) mass is 254 g/mol. The molecule has 0 saturated carbocycles. The van der Waals surface area contributed by atoms with Gasteiger partial charge in [-0.15, -0.1) is 5.10 Å². The summed E-state index contributed by atoms with van der Waals surface area (Å²) < 4.78 is 5.28. The minimum Gasteiger partial charge on any atom is -0.408 e. The fraction of sp³-hybridized carbons (Fsp3) is 0.727. The molecule has 7 nitrogen and oxygen atoms in total. The number of nitrogens with zero attached hydrogens (tertiary/aromatic N) is 3. The fourth-order valence-corrected chi connectivity index (χ4v) is 1.84. The van der Waals surface area contributed by atoms with Gasteiger partial charge >= 0.3 is 6.01 Å². The third-order valence-corrected chi connectivity index (χ3v) is 2.80. The smallest absolute Gasteiger partial charge is 0.322 e. The van der Waals surface area contributed by atoms with Crippen LogP contribution in [0, 0.1) is 0 Å². The number of anilines is 1. The van der Waals surface area contributed by atoms with Gasteiger partial charge in [-0.1, -0.05) is 18.9 Å². The molecule has 18 heavy (non-hydrogen) atoms. The van der Waals surface area contributed by atoms with E-state index in [2.05, 4.69) is 15.5 Å². The highest BCUT2D eigenvalue weighted by molar-refractivity contribution is 5.90. The molecule has 0 radical (unpaired) electrons. The van der Waals surface area contributed by atoms with E-state index in [9.17, 15) is 9.90 Å². The van der Waals surface area contributed by atoms with Crippen LogP contribution in [0.2, 0.25) is 0 Å². The molecule has 100 valence electrons. The zero-order valence-electron chi connectivity index (χ0n) is 10.6. The number of carbonyl (C=O) groups is 1. The fourth-order valence-electron chi connectivity index (χ4n) is 1.84. The van der Waals surface area contributed by atoms with Gasteiger partial charge < -0.3 is 9.52 Å². The Bertz CT molecular complexity index is 418. The summed E-state index contributed by atoms with van der Waals surface area (Å²) in [6.07, 6.45) is 0.388. The highest BCUT2D eigenvalue weighted by Crippen LogP contribution is 2.15. The van der Waals surface area contributed by atoms with Gasteiger partial charge in [0.05, 0.1) is 12.6 Å². The van der Waals surface area contributed by atoms with E-state index in [0.717, 1.165) is 6.54 Å². The molecule has 2 rings (SSSR count). The maximum absolute atomic E-state index is 11.7. The Hall–Kier alpha value is -1.47. The Labute approximate surface area is 105 Å². The first-order valence-corrected chi connectivity index (χ1v) is 6.08. The third kappa shape index (κ3) is 3.27. The van der Waals surface area contributed by atoms with Crippen molar-refractivity contribution in [2.45, 2.75) is 32.3 Å². The lowest BCUT2D eigenvalue weighted by Gasteiger charge is -2.12. The Morgan fingerprint density at radius 1 is 1.61 bits per heavy atom. The number of likely N-dealkylation sites (tertiary alicyclic amines) is 1. The zero-order chi connectivity index (χ0) is 13.1. The van der Waals surface area contributed by atoms with Gasteiger partial charge in [-0.05, 0) is 6.42 Å². The van der Waals surface area contributed by atoms with Crippen LogP contribution >= 0.6 is 0 Å². The number of hydrogen-bond donors (Lipinski definition) is 2. The molecule has 1 atom stereocenters. The normalized spacial score (nSPS) is 20.6. The van der Waals surface area contributed by atoms with Crippen molar-refractivity contribution < 1.29 is 14.3 Å². The summed E-state index contributed by atoms with van der Waals surface area (Å²) in [5.41, 5.74) is 0.